The number of Topliss-reactive ketones (excluding diaryl/α,β-unsaturated/α-hetero) is 1. The predicted molar refractivity (Wildman–Crippen MR) is 269 cm³/mol. The van der Waals surface area contributed by atoms with Crippen LogP contribution in [0.5, 0.6) is 0 Å². The molecule has 0 bridgehead atoms. The SMILES string of the molecule is C=C(C(=O)N[C@@H](C)C(=O)N(C)[C@@H](C)C(=O)C#CN)N(C)C(=O)[C@@H](Cc1ccccc1)OC(=O)[C@@H](NC(C)=O)[C@H](OC(=O)[C@H]([C@H](C)OC)N(C)C(=O)[C@@H]1CC1(OC(=O)[C@@H](NC(=O)CC)[C@H](O)C(C)C)C(C)C)C(C)C. The summed E-state index contributed by atoms with van der Waals surface area (Å²) in [5.41, 5.74) is 3.81. The maximum Gasteiger partial charge on any atom is 0.333 e. The highest BCUT2D eigenvalue weighted by atomic mass is 16.6. The number of aliphatic hydroxyl groups excluding tert-OH is 1. The van der Waals surface area contributed by atoms with E-state index in [1.165, 1.54) is 49.0 Å². The van der Waals surface area contributed by atoms with Crippen molar-refractivity contribution < 1.29 is 72.0 Å². The smallest absolute Gasteiger partial charge is 0.333 e. The van der Waals surface area contributed by atoms with Crippen molar-refractivity contribution in [2.45, 2.75) is 156 Å². The zero-order valence-corrected chi connectivity index (χ0v) is 45.3. The fraction of sp³-hybridized carbons (Fsp3) is 0.615. The molecular weight excluding hydrogens is 963 g/mol. The predicted octanol–water partition coefficient (Wildman–Crippen LogP) is 0.757. The van der Waals surface area contributed by atoms with Gasteiger partial charge < -0.3 is 60.4 Å². The maximum absolute atomic E-state index is 14.5. The van der Waals surface area contributed by atoms with Crippen molar-refractivity contribution in [2.24, 2.45) is 29.4 Å². The van der Waals surface area contributed by atoms with E-state index in [1.807, 2.05) is 6.04 Å². The molecule has 22 heteroatoms. The Hall–Kier alpha value is -6.86. The molecule has 22 nitrogen and oxygen atoms in total. The molecule has 2 rings (SSSR count). The van der Waals surface area contributed by atoms with Gasteiger partial charge >= 0.3 is 17.9 Å². The highest BCUT2D eigenvalue weighted by molar-refractivity contribution is 6.03. The Kier molecular flexibility index (Phi) is 23.9. The minimum atomic E-state index is -1.76. The minimum Gasteiger partial charge on any atom is -0.458 e. The first-order valence-corrected chi connectivity index (χ1v) is 24.4. The standard InChI is InChI=1S/C52H77N7O15/c1-17-39(62)56-40(43(63)27(2)3)50(69)74-52(29(6)7)26-36(52)47(66)59(15)42(33(11)71-16)51(70)73-44(28(4)5)41(55-34(12)60)49(68)72-38(25-35-21-19-18-20-22-35)48(67)58(14)32(10)45(64)54-30(8)46(65)57(13)31(9)37(61)23-24-53/h18-22,27-31,33,36,38,40-44,63H,10,17,25-26,53H2,1-9,11-16H3,(H,54,64)(H,55,60)(H,56,62)/t30-,31-,33-,36-,38+,40-,41-,42-,43+,44+,52?/m0/s1. The van der Waals surface area contributed by atoms with E-state index in [1.54, 1.807) is 78.8 Å². The lowest BCUT2D eigenvalue weighted by atomic mass is 9.98. The lowest BCUT2D eigenvalue weighted by Crippen LogP contribution is -2.57. The van der Waals surface area contributed by atoms with Crippen LogP contribution in [0.2, 0.25) is 0 Å². The van der Waals surface area contributed by atoms with Crippen molar-refractivity contribution in [1.82, 2.24) is 30.7 Å². The Morgan fingerprint density at radius 1 is 0.811 bits per heavy atom. The Balaban J connectivity index is 2.48. The van der Waals surface area contributed by atoms with Crippen LogP contribution in [0.1, 0.15) is 94.6 Å². The molecule has 1 aromatic rings. The van der Waals surface area contributed by atoms with E-state index < -0.39 is 149 Å². The number of ketones is 1. The Labute approximate surface area is 434 Å². The molecule has 0 saturated heterocycles. The first-order chi connectivity index (χ1) is 34.4. The normalized spacial score (nSPS) is 18.4. The zero-order valence-electron chi connectivity index (χ0n) is 45.3. The number of carbonyl (C=O) groups is 10. The molecule has 0 spiro atoms. The fourth-order valence-electron chi connectivity index (χ4n) is 8.00. The van der Waals surface area contributed by atoms with Gasteiger partial charge in [0, 0.05) is 60.5 Å². The van der Waals surface area contributed by atoms with Crippen LogP contribution >= 0.6 is 0 Å². The second kappa shape index (κ2) is 28.0. The van der Waals surface area contributed by atoms with Crippen molar-refractivity contribution in [2.75, 3.05) is 28.3 Å². The number of aliphatic hydroxyl groups is 1. The lowest BCUT2D eigenvalue weighted by molar-refractivity contribution is -0.176. The second-order valence-electron chi connectivity index (χ2n) is 19.5. The topological polar surface area (TPSA) is 300 Å². The van der Waals surface area contributed by atoms with Gasteiger partial charge in [-0.15, -0.1) is 0 Å². The summed E-state index contributed by atoms with van der Waals surface area (Å²) >= 11 is 0. The van der Waals surface area contributed by atoms with Crippen LogP contribution in [0.4, 0.5) is 0 Å². The number of ether oxygens (including phenoxy) is 4. The number of nitrogens with two attached hydrogens (primary N) is 1. The molecule has 1 aliphatic carbocycles. The van der Waals surface area contributed by atoms with Gasteiger partial charge in [0.2, 0.25) is 29.4 Å². The number of carbonyl (C=O) groups excluding carboxylic acids is 10. The molecule has 0 aromatic heterocycles. The number of hydrogen-bond acceptors (Lipinski definition) is 16. The summed E-state index contributed by atoms with van der Waals surface area (Å²) in [5, 5.41) is 18.3. The number of benzene rings is 1. The molecule has 0 radical (unpaired) electrons. The van der Waals surface area contributed by atoms with Crippen LogP contribution in [0.25, 0.3) is 0 Å². The molecule has 1 fully saturated rings. The number of nitrogens with zero attached hydrogens (tertiary/aromatic N) is 3. The first-order valence-electron chi connectivity index (χ1n) is 24.4. The fourth-order valence-corrected chi connectivity index (χ4v) is 8.00. The maximum atomic E-state index is 14.5. The Morgan fingerprint density at radius 3 is 1.91 bits per heavy atom. The zero-order chi connectivity index (χ0) is 56.7. The van der Waals surface area contributed by atoms with Crippen LogP contribution in [0.15, 0.2) is 42.6 Å². The van der Waals surface area contributed by atoms with Gasteiger partial charge in [0.05, 0.1) is 24.2 Å². The summed E-state index contributed by atoms with van der Waals surface area (Å²) in [7, 11) is 5.15. The number of rotatable bonds is 27. The van der Waals surface area contributed by atoms with Crippen LogP contribution in [-0.2, 0) is 73.3 Å². The van der Waals surface area contributed by atoms with Crippen molar-refractivity contribution in [1.29, 1.82) is 0 Å². The summed E-state index contributed by atoms with van der Waals surface area (Å²) < 4.78 is 23.4. The van der Waals surface area contributed by atoms with Crippen LogP contribution < -0.4 is 21.7 Å². The van der Waals surface area contributed by atoms with Crippen molar-refractivity contribution in [3.05, 3.63) is 48.2 Å². The molecule has 1 aliphatic rings. The van der Waals surface area contributed by atoms with E-state index in [0.29, 0.717) is 5.56 Å². The third-order valence-electron chi connectivity index (χ3n) is 13.1. The molecular formula is C52H77N7O15. The molecule has 6 N–H and O–H groups in total. The van der Waals surface area contributed by atoms with Gasteiger partial charge in [-0.2, -0.15) is 0 Å². The van der Waals surface area contributed by atoms with Gasteiger partial charge in [-0.1, -0.05) is 85.4 Å². The van der Waals surface area contributed by atoms with Crippen molar-refractivity contribution >= 4 is 59.1 Å². The first kappa shape index (κ1) is 63.3. The van der Waals surface area contributed by atoms with E-state index in [2.05, 4.69) is 28.4 Å². The van der Waals surface area contributed by atoms with Crippen LogP contribution in [-0.4, -0.2) is 167 Å². The number of amides is 6. The highest BCUT2D eigenvalue weighted by Crippen LogP contribution is 2.53. The minimum absolute atomic E-state index is 0.0324. The molecule has 1 saturated carbocycles. The molecule has 74 heavy (non-hydrogen) atoms. The summed E-state index contributed by atoms with van der Waals surface area (Å²) in [6, 6.07) is 3.47. The third kappa shape index (κ3) is 16.3. The van der Waals surface area contributed by atoms with Gasteiger partial charge in [0.25, 0.3) is 11.8 Å². The lowest BCUT2D eigenvalue weighted by Gasteiger charge is -2.35. The molecule has 1 aromatic carbocycles. The Bertz CT molecular complexity index is 2300. The number of nitrogens with one attached hydrogen (secondary N) is 3. The quantitative estimate of drug-likeness (QED) is 0.0267. The summed E-state index contributed by atoms with van der Waals surface area (Å²) in [6.07, 6.45) is -5.72. The average molecular weight is 1040 g/mol. The van der Waals surface area contributed by atoms with E-state index in [9.17, 15) is 53.1 Å². The average Bonchev–Trinajstić information content (AvgIpc) is 4.09. The Morgan fingerprint density at radius 2 is 1.41 bits per heavy atom. The van der Waals surface area contributed by atoms with Crippen molar-refractivity contribution in [3.63, 3.8) is 0 Å². The highest BCUT2D eigenvalue weighted by Gasteiger charge is 2.65. The molecule has 0 heterocycles. The van der Waals surface area contributed by atoms with Gasteiger partial charge in [0.1, 0.15) is 23.4 Å². The van der Waals surface area contributed by atoms with Gasteiger partial charge in [-0.05, 0) is 50.0 Å². The van der Waals surface area contributed by atoms with Crippen molar-refractivity contribution in [3.8, 4) is 12.0 Å². The number of esters is 3. The summed E-state index contributed by atoms with van der Waals surface area (Å²) in [5.74, 6) is -8.78. The van der Waals surface area contributed by atoms with E-state index in [4.69, 9.17) is 24.7 Å². The molecule has 6 amide bonds. The van der Waals surface area contributed by atoms with Gasteiger partial charge in [-0.25, -0.2) is 14.4 Å². The summed E-state index contributed by atoms with van der Waals surface area (Å²) in [6.45, 7) is 20.7. The molecule has 11 atom stereocenters. The van der Waals surface area contributed by atoms with Crippen LogP contribution in [0, 0.1) is 35.6 Å². The molecule has 0 aliphatic heterocycles. The molecule has 1 unspecified atom stereocenters. The van der Waals surface area contributed by atoms with E-state index in [-0.39, 0.29) is 19.3 Å². The summed E-state index contributed by atoms with van der Waals surface area (Å²) in [4.78, 5) is 138. The monoisotopic (exact) mass is 1040 g/mol. The number of likely N-dealkylation sites (N-methyl/N-ethyl adjacent to an activating group) is 3. The third-order valence-corrected chi connectivity index (χ3v) is 13.1. The van der Waals surface area contributed by atoms with Gasteiger partial charge in [-0.3, -0.25) is 33.6 Å². The largest absolute Gasteiger partial charge is 0.458 e. The van der Waals surface area contributed by atoms with E-state index >= 15 is 0 Å². The van der Waals surface area contributed by atoms with Gasteiger partial charge in [0.15, 0.2) is 24.2 Å². The second-order valence-corrected chi connectivity index (χ2v) is 19.5. The molecule has 410 valence electrons. The van der Waals surface area contributed by atoms with Crippen LogP contribution in [0.3, 0.4) is 0 Å². The number of methoxy groups -OCH3 is 1. The van der Waals surface area contributed by atoms with E-state index in [0.717, 1.165) is 21.6 Å². The number of hydrogen-bond donors (Lipinski definition) is 5.